The third kappa shape index (κ3) is 111. The zero-order chi connectivity index (χ0) is 23.1. The average molecular weight is 393 g/mol. The number of hydrogen-bond acceptors (Lipinski definition) is 3. The van der Waals surface area contributed by atoms with Crippen molar-refractivity contribution < 1.29 is 44.9 Å². The van der Waals surface area contributed by atoms with Crippen LogP contribution in [-0.4, -0.2) is 57.0 Å². The molecule has 0 heterocycles. The molecule has 0 bridgehead atoms. The summed E-state index contributed by atoms with van der Waals surface area (Å²) in [6.45, 7) is 20.6. The Labute approximate surface area is 164 Å². The Morgan fingerprint density at radius 1 is 0.889 bits per heavy atom. The number of hydrogen-bond donors (Lipinski definition) is 1. The van der Waals surface area contributed by atoms with Gasteiger partial charge in [0.05, 0.1) is 44.9 Å². The Morgan fingerprint density at radius 3 is 1.33 bits per heavy atom. The highest BCUT2D eigenvalue weighted by atomic mass is 16.7. The van der Waals surface area contributed by atoms with Gasteiger partial charge in [-0.25, -0.2) is 30.3 Å². The number of ether oxygens (including phenoxy) is 2. The highest BCUT2D eigenvalue weighted by molar-refractivity contribution is 5.85. The predicted molar refractivity (Wildman–Crippen MR) is 97.8 cm³/mol. The molecule has 159 valence electrons. The highest BCUT2D eigenvalue weighted by Crippen LogP contribution is 1.98. The smallest absolute Gasteiger partial charge is 0.334 e. The molecule has 0 aromatic rings. The first-order chi connectivity index (χ1) is 12.6. The minimum absolute atomic E-state index is 0.114. The van der Waals surface area contributed by atoms with Crippen LogP contribution in [0.2, 0.25) is 0 Å². The van der Waals surface area contributed by atoms with Crippen molar-refractivity contribution >= 4 is 5.97 Å². The zero-order valence-electron chi connectivity index (χ0n) is 16.4. The quantitative estimate of drug-likeness (QED) is 0.432. The predicted octanol–water partition coefficient (Wildman–Crippen LogP) is 2.44. The van der Waals surface area contributed by atoms with Gasteiger partial charge in [-0.1, -0.05) is 0 Å². The Hall–Kier alpha value is -1.23. The summed E-state index contributed by atoms with van der Waals surface area (Å²) in [4.78, 5) is 10.3. The Morgan fingerprint density at radius 2 is 1.15 bits per heavy atom. The molecule has 1 N–H and O–H groups in total. The molecule has 0 spiro atoms. The molecule has 11 radical (unpaired) electrons. The second kappa shape index (κ2) is 49.8. The third-order valence-corrected chi connectivity index (χ3v) is 1.09. The fraction of sp³-hybridized carbons (Fsp3) is 0.500. The van der Waals surface area contributed by atoms with E-state index >= 15 is 0 Å². The molecule has 0 fully saturated rings. The fourth-order valence-electron chi connectivity index (χ4n) is 0.454. The molecular weight excluding hydrogens is 360 g/mol. The van der Waals surface area contributed by atoms with E-state index in [0.717, 1.165) is 6.26 Å². The van der Waals surface area contributed by atoms with E-state index in [1.54, 1.807) is 6.92 Å². The van der Waals surface area contributed by atoms with Crippen LogP contribution < -0.4 is 0 Å². The van der Waals surface area contributed by atoms with Crippen molar-refractivity contribution in [3.8, 4) is 0 Å². The van der Waals surface area contributed by atoms with Gasteiger partial charge in [-0.05, 0) is 48.5 Å². The lowest BCUT2D eigenvalue weighted by Crippen LogP contribution is -2.10. The van der Waals surface area contributed by atoms with E-state index in [-0.39, 0.29) is 38.6 Å². The molecule has 0 saturated heterocycles. The van der Waals surface area contributed by atoms with Gasteiger partial charge in [-0.3, -0.25) is 0 Å². The lowest BCUT2D eigenvalue weighted by molar-refractivity contribution is -0.133. The standard InChI is InChI=1S/C8H13O4.5C2H4O/c1-4-11-7(3)12-5-6(2)8(9)10;5*1-2-3/h5,7H,3-4H2,1-2H3,(H,9,10);5*1-2H2. The van der Waals surface area contributed by atoms with Gasteiger partial charge in [0.15, 0.2) is 6.29 Å². The van der Waals surface area contributed by atoms with Gasteiger partial charge >= 0.3 is 5.97 Å². The Balaban J connectivity index is -0.0000000604. The molecule has 0 aromatic heterocycles. The van der Waals surface area contributed by atoms with Gasteiger partial charge in [0, 0.05) is 13.5 Å². The summed E-state index contributed by atoms with van der Waals surface area (Å²) in [6.07, 6.45) is 0.472. The SMILES string of the molecule is [CH2]C(OC=C(C)C(=O)O)OCC.[CH2]C[O].[CH2]C[O].[CH2]C[O].[CH2]C[O].[CH2]C[O]. The van der Waals surface area contributed by atoms with Crippen LogP contribution in [0.15, 0.2) is 11.8 Å². The molecule has 0 rings (SSSR count). The monoisotopic (exact) mass is 393 g/mol. The largest absolute Gasteiger partial charge is 0.478 e. The van der Waals surface area contributed by atoms with Crippen LogP contribution >= 0.6 is 0 Å². The molecule has 9 nitrogen and oxygen atoms in total. The second-order valence-corrected chi connectivity index (χ2v) is 3.15. The van der Waals surface area contributed by atoms with Gasteiger partial charge < -0.3 is 14.6 Å². The van der Waals surface area contributed by atoms with Crippen LogP contribution in [0, 0.1) is 41.5 Å². The van der Waals surface area contributed by atoms with Crippen LogP contribution in [0.4, 0.5) is 0 Å². The van der Waals surface area contributed by atoms with E-state index < -0.39 is 12.3 Å². The first-order valence-corrected chi connectivity index (χ1v) is 7.52. The summed E-state index contributed by atoms with van der Waals surface area (Å²) in [5.41, 5.74) is 0.114. The lowest BCUT2D eigenvalue weighted by atomic mass is 10.3. The number of carboxylic acid groups (broad SMARTS) is 1. The van der Waals surface area contributed by atoms with Crippen molar-refractivity contribution in [3.63, 3.8) is 0 Å². The van der Waals surface area contributed by atoms with Gasteiger partial charge in [0.1, 0.15) is 0 Å². The van der Waals surface area contributed by atoms with E-state index in [2.05, 4.69) is 41.5 Å². The molecule has 1 atom stereocenters. The molecule has 27 heavy (non-hydrogen) atoms. The Kier molecular flexibility index (Phi) is 74.6. The van der Waals surface area contributed by atoms with Gasteiger partial charge in [0.25, 0.3) is 0 Å². The van der Waals surface area contributed by atoms with Gasteiger partial charge in [-0.15, -0.1) is 0 Å². The molecule has 0 saturated carbocycles. The molecule has 1 unspecified atom stereocenters. The van der Waals surface area contributed by atoms with Crippen molar-refractivity contribution in [1.82, 2.24) is 0 Å². The normalized spacial score (nSPS) is 9.59. The van der Waals surface area contributed by atoms with E-state index in [1.165, 1.54) is 6.92 Å². The summed E-state index contributed by atoms with van der Waals surface area (Å²) in [7, 11) is 0. The van der Waals surface area contributed by atoms with Crippen LogP contribution in [0.25, 0.3) is 0 Å². The van der Waals surface area contributed by atoms with E-state index in [9.17, 15) is 4.79 Å². The van der Waals surface area contributed by atoms with Crippen molar-refractivity contribution in [2.45, 2.75) is 20.1 Å². The van der Waals surface area contributed by atoms with E-state index in [1.807, 2.05) is 0 Å². The van der Waals surface area contributed by atoms with E-state index in [4.69, 9.17) is 40.1 Å². The van der Waals surface area contributed by atoms with Crippen LogP contribution in [0.1, 0.15) is 13.8 Å². The summed E-state index contributed by atoms with van der Waals surface area (Å²) < 4.78 is 9.73. The van der Waals surface area contributed by atoms with Crippen LogP contribution in [0.3, 0.4) is 0 Å². The van der Waals surface area contributed by atoms with Crippen molar-refractivity contribution in [2.24, 2.45) is 0 Å². The van der Waals surface area contributed by atoms with Gasteiger partial charge in [-0.2, -0.15) is 0 Å². The summed E-state index contributed by atoms with van der Waals surface area (Å²) in [5.74, 6) is -1.02. The maximum Gasteiger partial charge on any atom is 0.334 e. The lowest BCUT2D eigenvalue weighted by Gasteiger charge is -2.10. The summed E-state index contributed by atoms with van der Waals surface area (Å²) in [6, 6.07) is 0. The number of aliphatic carboxylic acids is 1. The molecule has 0 aliphatic heterocycles. The maximum atomic E-state index is 10.3. The summed E-state index contributed by atoms with van der Waals surface area (Å²) in [5, 5.41) is 52.5. The fourth-order valence-corrected chi connectivity index (χ4v) is 0.454. The number of carboxylic acids is 1. The van der Waals surface area contributed by atoms with E-state index in [0.29, 0.717) is 6.61 Å². The molecule has 0 amide bonds. The van der Waals surface area contributed by atoms with Crippen LogP contribution in [0.5, 0.6) is 0 Å². The molecule has 0 aliphatic rings. The maximum absolute atomic E-state index is 10.3. The van der Waals surface area contributed by atoms with Crippen molar-refractivity contribution in [2.75, 3.05) is 39.6 Å². The minimum atomic E-state index is -1.02. The molecule has 9 heteroatoms. The first-order valence-electron chi connectivity index (χ1n) is 7.52. The van der Waals surface area contributed by atoms with Crippen molar-refractivity contribution in [3.05, 3.63) is 53.4 Å². The Bertz CT molecular complexity index is 235. The second-order valence-electron chi connectivity index (χ2n) is 3.15. The minimum Gasteiger partial charge on any atom is -0.478 e. The first kappa shape index (κ1) is 40.5. The topological polar surface area (TPSA) is 155 Å². The molecule has 0 aromatic carbocycles. The zero-order valence-corrected chi connectivity index (χ0v) is 16.4. The molecular formula is C18H33O9. The van der Waals surface area contributed by atoms with Crippen LogP contribution in [-0.2, 0) is 39.8 Å². The third-order valence-electron chi connectivity index (χ3n) is 1.09. The average Bonchev–Trinajstić information content (AvgIpc) is 2.56. The van der Waals surface area contributed by atoms with Crippen molar-refractivity contribution in [1.29, 1.82) is 0 Å². The number of rotatable bonds is 5. The molecule has 0 aliphatic carbocycles. The summed E-state index contributed by atoms with van der Waals surface area (Å²) >= 11 is 0. The highest BCUT2D eigenvalue weighted by Gasteiger charge is 2.02. The number of carbonyl (C=O) groups is 1. The van der Waals surface area contributed by atoms with Gasteiger partial charge in [0.2, 0.25) is 0 Å².